The van der Waals surface area contributed by atoms with Crippen LogP contribution in [0.15, 0.2) is 41.3 Å². The van der Waals surface area contributed by atoms with Gasteiger partial charge in [-0.05, 0) is 58.5 Å². The van der Waals surface area contributed by atoms with Crippen LogP contribution >= 0.6 is 22.6 Å². The van der Waals surface area contributed by atoms with Gasteiger partial charge in [-0.25, -0.2) is 13.1 Å². The van der Waals surface area contributed by atoms with Gasteiger partial charge in [0.1, 0.15) is 5.75 Å². The Morgan fingerprint density at radius 2 is 1.96 bits per heavy atom. The predicted octanol–water partition coefficient (Wildman–Crippen LogP) is 2.51. The Kier molecular flexibility index (Phi) is 4.64. The highest BCUT2D eigenvalue weighted by molar-refractivity contribution is 14.1. The number of halogens is 1. The van der Waals surface area contributed by atoms with E-state index in [2.05, 4.69) is 4.72 Å². The van der Waals surface area contributed by atoms with E-state index in [1.165, 1.54) is 6.07 Å². The van der Waals surface area contributed by atoms with Gasteiger partial charge in [0.15, 0.2) is 11.5 Å². The van der Waals surface area contributed by atoms with Gasteiger partial charge in [-0.15, -0.1) is 0 Å². The second kappa shape index (κ2) is 6.54. The third kappa shape index (κ3) is 3.54. The third-order valence-corrected chi connectivity index (χ3v) is 5.58. The van der Waals surface area contributed by atoms with Gasteiger partial charge >= 0.3 is 0 Å². The highest BCUT2D eigenvalue weighted by Crippen LogP contribution is 2.32. The first kappa shape index (κ1) is 16.3. The minimum Gasteiger partial charge on any atom is -0.496 e. The second-order valence-corrected chi connectivity index (χ2v) is 7.74. The molecule has 122 valence electrons. The Balaban J connectivity index is 1.75. The predicted molar refractivity (Wildman–Crippen MR) is 92.3 cm³/mol. The first-order chi connectivity index (χ1) is 11.0. The SMILES string of the molecule is COc1ccc(S(=O)(=O)NCc2ccc3c(c2)OCO3)cc1I. The lowest BCUT2D eigenvalue weighted by molar-refractivity contribution is 0.174. The van der Waals surface area contributed by atoms with Gasteiger partial charge in [0.2, 0.25) is 16.8 Å². The van der Waals surface area contributed by atoms with Crippen LogP contribution in [0.1, 0.15) is 5.56 Å². The van der Waals surface area contributed by atoms with Crippen molar-refractivity contribution in [1.82, 2.24) is 4.72 Å². The molecule has 3 rings (SSSR count). The lowest BCUT2D eigenvalue weighted by Gasteiger charge is -2.09. The molecule has 0 bridgehead atoms. The minimum atomic E-state index is -3.60. The van der Waals surface area contributed by atoms with Crippen LogP contribution in [0, 0.1) is 3.57 Å². The van der Waals surface area contributed by atoms with Crippen molar-refractivity contribution in [3.63, 3.8) is 0 Å². The zero-order chi connectivity index (χ0) is 16.4. The van der Waals surface area contributed by atoms with Crippen molar-refractivity contribution in [2.24, 2.45) is 0 Å². The van der Waals surface area contributed by atoms with Gasteiger partial charge < -0.3 is 14.2 Å². The van der Waals surface area contributed by atoms with Crippen LogP contribution in [0.5, 0.6) is 17.2 Å². The van der Waals surface area contributed by atoms with Crippen molar-refractivity contribution in [2.75, 3.05) is 13.9 Å². The van der Waals surface area contributed by atoms with E-state index in [-0.39, 0.29) is 18.2 Å². The van der Waals surface area contributed by atoms with Crippen LogP contribution < -0.4 is 18.9 Å². The maximum absolute atomic E-state index is 12.4. The number of rotatable bonds is 5. The lowest BCUT2D eigenvalue weighted by atomic mass is 10.2. The van der Waals surface area contributed by atoms with E-state index in [0.29, 0.717) is 17.2 Å². The van der Waals surface area contributed by atoms with E-state index in [0.717, 1.165) is 9.13 Å². The summed E-state index contributed by atoms with van der Waals surface area (Å²) in [6, 6.07) is 10.1. The maximum Gasteiger partial charge on any atom is 0.240 e. The van der Waals surface area contributed by atoms with Crippen LogP contribution in [0.4, 0.5) is 0 Å². The normalized spacial score (nSPS) is 13.1. The van der Waals surface area contributed by atoms with E-state index < -0.39 is 10.0 Å². The Morgan fingerprint density at radius 3 is 2.70 bits per heavy atom. The molecule has 0 saturated heterocycles. The molecule has 0 amide bonds. The number of benzene rings is 2. The smallest absolute Gasteiger partial charge is 0.240 e. The van der Waals surface area contributed by atoms with Gasteiger partial charge in [0.05, 0.1) is 15.6 Å². The Bertz CT molecular complexity index is 838. The molecule has 8 heteroatoms. The van der Waals surface area contributed by atoms with Crippen molar-refractivity contribution in [1.29, 1.82) is 0 Å². The molecule has 1 N–H and O–H groups in total. The van der Waals surface area contributed by atoms with Crippen molar-refractivity contribution in [3.8, 4) is 17.2 Å². The zero-order valence-electron chi connectivity index (χ0n) is 12.2. The van der Waals surface area contributed by atoms with Gasteiger partial charge in [-0.1, -0.05) is 6.07 Å². The molecular weight excluding hydrogens is 433 g/mol. The monoisotopic (exact) mass is 447 g/mol. The summed E-state index contributed by atoms with van der Waals surface area (Å²) in [6.45, 7) is 0.358. The van der Waals surface area contributed by atoms with Crippen LogP contribution in [-0.2, 0) is 16.6 Å². The fourth-order valence-electron chi connectivity index (χ4n) is 2.13. The molecule has 0 fully saturated rings. The van der Waals surface area contributed by atoms with Crippen molar-refractivity contribution < 1.29 is 22.6 Å². The largest absolute Gasteiger partial charge is 0.496 e. The topological polar surface area (TPSA) is 73.9 Å². The summed E-state index contributed by atoms with van der Waals surface area (Å²) in [5, 5.41) is 0. The highest BCUT2D eigenvalue weighted by Gasteiger charge is 2.17. The molecule has 0 unspecified atom stereocenters. The van der Waals surface area contributed by atoms with E-state index >= 15 is 0 Å². The van der Waals surface area contributed by atoms with Crippen LogP contribution in [0.3, 0.4) is 0 Å². The van der Waals surface area contributed by atoms with Crippen LogP contribution in [-0.4, -0.2) is 22.3 Å². The average molecular weight is 447 g/mol. The number of nitrogens with one attached hydrogen (secondary N) is 1. The number of hydrogen-bond acceptors (Lipinski definition) is 5. The van der Waals surface area contributed by atoms with Gasteiger partial charge in [0, 0.05) is 6.54 Å². The molecular formula is C15H14INO5S. The summed E-state index contributed by atoms with van der Waals surface area (Å²) in [4.78, 5) is 0.198. The molecule has 1 aliphatic rings. The highest BCUT2D eigenvalue weighted by atomic mass is 127. The summed E-state index contributed by atoms with van der Waals surface area (Å²) < 4.78 is 43.7. The minimum absolute atomic E-state index is 0.168. The first-order valence-electron chi connectivity index (χ1n) is 6.71. The van der Waals surface area contributed by atoms with Crippen LogP contribution in [0.2, 0.25) is 0 Å². The second-order valence-electron chi connectivity index (χ2n) is 4.81. The Morgan fingerprint density at radius 1 is 1.17 bits per heavy atom. The summed E-state index contributed by atoms with van der Waals surface area (Å²) in [6.07, 6.45) is 0. The molecule has 0 spiro atoms. The molecule has 6 nitrogen and oxygen atoms in total. The van der Waals surface area contributed by atoms with Crippen molar-refractivity contribution in [3.05, 3.63) is 45.5 Å². The number of fused-ring (bicyclic) bond motifs is 1. The van der Waals surface area contributed by atoms with Gasteiger partial charge in [-0.3, -0.25) is 0 Å². The first-order valence-corrected chi connectivity index (χ1v) is 9.27. The fourth-order valence-corrected chi connectivity index (χ4v) is 4.12. The van der Waals surface area contributed by atoms with Crippen molar-refractivity contribution >= 4 is 32.6 Å². The molecule has 0 radical (unpaired) electrons. The number of sulfonamides is 1. The summed E-state index contributed by atoms with van der Waals surface area (Å²) in [5.41, 5.74) is 0.793. The average Bonchev–Trinajstić information content (AvgIpc) is 3.00. The lowest BCUT2D eigenvalue weighted by Crippen LogP contribution is -2.23. The number of hydrogen-bond donors (Lipinski definition) is 1. The summed E-state index contributed by atoms with van der Waals surface area (Å²) in [7, 11) is -2.06. The Hall–Kier alpha value is -1.52. The van der Waals surface area contributed by atoms with E-state index in [4.69, 9.17) is 14.2 Å². The van der Waals surface area contributed by atoms with E-state index in [1.54, 1.807) is 37.4 Å². The van der Waals surface area contributed by atoms with E-state index in [1.807, 2.05) is 22.6 Å². The number of methoxy groups -OCH3 is 1. The van der Waals surface area contributed by atoms with Crippen LogP contribution in [0.25, 0.3) is 0 Å². The molecule has 23 heavy (non-hydrogen) atoms. The number of ether oxygens (including phenoxy) is 3. The molecule has 0 aliphatic carbocycles. The molecule has 0 aromatic heterocycles. The molecule has 2 aromatic carbocycles. The maximum atomic E-state index is 12.4. The summed E-state index contributed by atoms with van der Waals surface area (Å²) >= 11 is 2.04. The standard InChI is InChI=1S/C15H14INO5S/c1-20-13-5-3-11(7-12(13)16)23(18,19)17-8-10-2-4-14-15(6-10)22-9-21-14/h2-7,17H,8-9H2,1H3. The molecule has 0 atom stereocenters. The quantitative estimate of drug-likeness (QED) is 0.714. The summed E-state index contributed by atoms with van der Waals surface area (Å²) in [5.74, 6) is 1.93. The zero-order valence-corrected chi connectivity index (χ0v) is 15.2. The third-order valence-electron chi connectivity index (χ3n) is 3.34. The fraction of sp³-hybridized carbons (Fsp3) is 0.200. The van der Waals surface area contributed by atoms with Crippen molar-refractivity contribution in [2.45, 2.75) is 11.4 Å². The molecule has 1 aliphatic heterocycles. The molecule has 2 aromatic rings. The molecule has 0 saturated carbocycles. The Labute approximate surface area is 147 Å². The van der Waals surface area contributed by atoms with E-state index in [9.17, 15) is 8.42 Å². The molecule has 1 heterocycles. The van der Waals surface area contributed by atoms with Gasteiger partial charge in [-0.2, -0.15) is 0 Å². The van der Waals surface area contributed by atoms with Gasteiger partial charge in [0.25, 0.3) is 0 Å².